The fourth-order valence-corrected chi connectivity index (χ4v) is 3.26. The van der Waals surface area contributed by atoms with Crippen LogP contribution in [0.2, 0.25) is 0 Å². The summed E-state index contributed by atoms with van der Waals surface area (Å²) >= 11 is 0. The van der Waals surface area contributed by atoms with E-state index in [1.165, 1.54) is 0 Å². The summed E-state index contributed by atoms with van der Waals surface area (Å²) in [6, 6.07) is 7.70. The number of carbonyl (C=O) groups excluding carboxylic acids is 1. The van der Waals surface area contributed by atoms with E-state index in [9.17, 15) is 4.79 Å². The number of rotatable bonds is 6. The number of nitrogens with one attached hydrogen (secondary N) is 1. The Labute approximate surface area is 158 Å². The molecule has 3 heterocycles. The van der Waals surface area contributed by atoms with E-state index >= 15 is 0 Å². The molecule has 2 aliphatic heterocycles. The van der Waals surface area contributed by atoms with Gasteiger partial charge in [-0.15, -0.1) is 0 Å². The van der Waals surface area contributed by atoms with E-state index < -0.39 is 0 Å². The lowest BCUT2D eigenvalue weighted by molar-refractivity contribution is -0.122. The van der Waals surface area contributed by atoms with Gasteiger partial charge in [0.1, 0.15) is 0 Å². The monoisotopic (exact) mass is 369 g/mol. The van der Waals surface area contributed by atoms with E-state index in [0.717, 1.165) is 55.6 Å². The van der Waals surface area contributed by atoms with Gasteiger partial charge in [-0.05, 0) is 30.2 Å². The van der Waals surface area contributed by atoms with E-state index in [1.54, 1.807) is 12.4 Å². The fraction of sp³-hybridized carbons (Fsp3) is 0.421. The molecule has 4 rings (SSSR count). The third-order valence-corrected chi connectivity index (χ3v) is 4.75. The Balaban J connectivity index is 1.17. The highest BCUT2D eigenvalue weighted by Gasteiger charge is 2.20. The van der Waals surface area contributed by atoms with Crippen LogP contribution < -0.4 is 19.7 Å². The topological polar surface area (TPSA) is 79.8 Å². The number of anilines is 1. The van der Waals surface area contributed by atoms with Gasteiger partial charge in [0.25, 0.3) is 0 Å². The minimum atomic E-state index is 0.0557. The highest BCUT2D eigenvalue weighted by molar-refractivity contribution is 5.78. The average Bonchev–Trinajstić information content (AvgIpc) is 3.17. The van der Waals surface area contributed by atoms with Gasteiger partial charge >= 0.3 is 0 Å². The Morgan fingerprint density at radius 3 is 2.67 bits per heavy atom. The van der Waals surface area contributed by atoms with Crippen LogP contribution in [-0.2, 0) is 11.2 Å². The molecule has 8 nitrogen and oxygen atoms in total. The molecule has 1 N–H and O–H groups in total. The first-order valence-corrected chi connectivity index (χ1v) is 9.17. The summed E-state index contributed by atoms with van der Waals surface area (Å²) in [6.07, 6.45) is 4.27. The Morgan fingerprint density at radius 1 is 1.07 bits per heavy atom. The first-order chi connectivity index (χ1) is 13.3. The van der Waals surface area contributed by atoms with Crippen molar-refractivity contribution >= 4 is 11.9 Å². The molecular weight excluding hydrogens is 346 g/mol. The second-order valence-corrected chi connectivity index (χ2v) is 6.60. The van der Waals surface area contributed by atoms with Crippen molar-refractivity contribution in [2.45, 2.75) is 6.42 Å². The molecule has 1 aromatic carbocycles. The number of piperazine rings is 1. The number of hydrogen-bond donors (Lipinski definition) is 1. The number of carbonyl (C=O) groups is 1. The Hall–Kier alpha value is -2.87. The number of fused-ring (bicyclic) bond motifs is 1. The standard InChI is InChI=1S/C19H23N5O3/c25-18(20-7-4-15-2-3-16-17(12-15)27-14-26-16)13-23-8-10-24(11-9-23)19-21-5-1-6-22-19/h1-3,5-6,12H,4,7-11,13-14H2,(H,20,25). The molecule has 0 bridgehead atoms. The molecule has 1 amide bonds. The average molecular weight is 369 g/mol. The maximum atomic E-state index is 12.2. The number of aromatic nitrogens is 2. The van der Waals surface area contributed by atoms with Gasteiger partial charge in [-0.2, -0.15) is 0 Å². The van der Waals surface area contributed by atoms with Gasteiger partial charge in [0.2, 0.25) is 18.6 Å². The van der Waals surface area contributed by atoms with Gasteiger partial charge in [-0.1, -0.05) is 6.07 Å². The molecule has 142 valence electrons. The van der Waals surface area contributed by atoms with E-state index in [0.29, 0.717) is 13.1 Å². The second-order valence-electron chi connectivity index (χ2n) is 6.60. The number of hydrogen-bond acceptors (Lipinski definition) is 7. The third-order valence-electron chi connectivity index (χ3n) is 4.75. The van der Waals surface area contributed by atoms with Crippen molar-refractivity contribution in [1.82, 2.24) is 20.2 Å². The molecule has 0 saturated carbocycles. The van der Waals surface area contributed by atoms with Crippen LogP contribution in [0.15, 0.2) is 36.7 Å². The van der Waals surface area contributed by atoms with Crippen LogP contribution in [0, 0.1) is 0 Å². The van der Waals surface area contributed by atoms with Gasteiger partial charge in [0.15, 0.2) is 11.5 Å². The van der Waals surface area contributed by atoms with E-state index in [-0.39, 0.29) is 12.7 Å². The zero-order valence-corrected chi connectivity index (χ0v) is 15.1. The zero-order chi connectivity index (χ0) is 18.5. The van der Waals surface area contributed by atoms with Crippen molar-refractivity contribution in [3.63, 3.8) is 0 Å². The van der Waals surface area contributed by atoms with Crippen LogP contribution in [0.3, 0.4) is 0 Å². The Bertz CT molecular complexity index is 778. The molecule has 0 aliphatic carbocycles. The van der Waals surface area contributed by atoms with Crippen molar-refractivity contribution in [3.8, 4) is 11.5 Å². The molecule has 1 fully saturated rings. The molecule has 2 aliphatic rings. The summed E-state index contributed by atoms with van der Waals surface area (Å²) in [5, 5.41) is 3.00. The number of ether oxygens (including phenoxy) is 2. The van der Waals surface area contributed by atoms with Crippen LogP contribution in [0.4, 0.5) is 5.95 Å². The highest BCUT2D eigenvalue weighted by Crippen LogP contribution is 2.32. The first kappa shape index (κ1) is 17.5. The SMILES string of the molecule is O=C(CN1CCN(c2ncccn2)CC1)NCCc1ccc2c(c1)OCO2. The summed E-state index contributed by atoms with van der Waals surface area (Å²) in [6.45, 7) is 4.62. The fourth-order valence-electron chi connectivity index (χ4n) is 3.26. The van der Waals surface area contributed by atoms with Crippen LogP contribution in [0.5, 0.6) is 11.5 Å². The highest BCUT2D eigenvalue weighted by atomic mass is 16.7. The third kappa shape index (κ3) is 4.46. The first-order valence-electron chi connectivity index (χ1n) is 9.17. The molecule has 0 radical (unpaired) electrons. The predicted octanol–water partition coefficient (Wildman–Crippen LogP) is 0.686. The molecule has 0 atom stereocenters. The smallest absolute Gasteiger partial charge is 0.234 e. The molecule has 27 heavy (non-hydrogen) atoms. The summed E-state index contributed by atoms with van der Waals surface area (Å²) < 4.78 is 10.7. The summed E-state index contributed by atoms with van der Waals surface area (Å²) in [4.78, 5) is 25.1. The minimum absolute atomic E-state index is 0.0557. The van der Waals surface area contributed by atoms with E-state index in [2.05, 4.69) is 25.1 Å². The number of benzene rings is 1. The molecule has 0 spiro atoms. The number of nitrogens with zero attached hydrogens (tertiary/aromatic N) is 4. The van der Waals surface area contributed by atoms with Gasteiger partial charge < -0.3 is 19.7 Å². The minimum Gasteiger partial charge on any atom is -0.454 e. The lowest BCUT2D eigenvalue weighted by Crippen LogP contribution is -2.50. The normalized spacial score (nSPS) is 16.4. The molecule has 0 unspecified atom stereocenters. The molecule has 1 saturated heterocycles. The maximum Gasteiger partial charge on any atom is 0.234 e. The van der Waals surface area contributed by atoms with Crippen LogP contribution in [0.1, 0.15) is 5.56 Å². The molecule has 1 aromatic heterocycles. The van der Waals surface area contributed by atoms with E-state index in [1.807, 2.05) is 24.3 Å². The predicted molar refractivity (Wildman–Crippen MR) is 100.0 cm³/mol. The largest absolute Gasteiger partial charge is 0.454 e. The quantitative estimate of drug-likeness (QED) is 0.802. The van der Waals surface area contributed by atoms with Crippen LogP contribution in [0.25, 0.3) is 0 Å². The van der Waals surface area contributed by atoms with Crippen LogP contribution >= 0.6 is 0 Å². The summed E-state index contributed by atoms with van der Waals surface area (Å²) in [7, 11) is 0. The van der Waals surface area contributed by atoms with Crippen molar-refractivity contribution in [1.29, 1.82) is 0 Å². The van der Waals surface area contributed by atoms with Gasteiger partial charge in [-0.3, -0.25) is 9.69 Å². The van der Waals surface area contributed by atoms with Crippen LogP contribution in [-0.4, -0.2) is 66.8 Å². The van der Waals surface area contributed by atoms with Crippen molar-refractivity contribution in [2.24, 2.45) is 0 Å². The maximum absolute atomic E-state index is 12.2. The molecule has 2 aromatic rings. The second kappa shape index (κ2) is 8.22. The van der Waals surface area contributed by atoms with Gasteiger partial charge in [0.05, 0.1) is 6.54 Å². The van der Waals surface area contributed by atoms with E-state index in [4.69, 9.17) is 9.47 Å². The zero-order valence-electron chi connectivity index (χ0n) is 15.1. The van der Waals surface area contributed by atoms with Crippen molar-refractivity contribution in [2.75, 3.05) is 51.0 Å². The summed E-state index contributed by atoms with van der Waals surface area (Å²) in [5.74, 6) is 2.37. The van der Waals surface area contributed by atoms with Gasteiger partial charge in [-0.25, -0.2) is 9.97 Å². The molecule has 8 heteroatoms. The molecular formula is C19H23N5O3. The lowest BCUT2D eigenvalue weighted by Gasteiger charge is -2.34. The summed E-state index contributed by atoms with van der Waals surface area (Å²) in [5.41, 5.74) is 1.12. The van der Waals surface area contributed by atoms with Gasteiger partial charge in [0, 0.05) is 45.1 Å². The lowest BCUT2D eigenvalue weighted by atomic mass is 10.1. The number of amides is 1. The van der Waals surface area contributed by atoms with Crippen molar-refractivity contribution in [3.05, 3.63) is 42.2 Å². The Kier molecular flexibility index (Phi) is 5.34. The van der Waals surface area contributed by atoms with Crippen molar-refractivity contribution < 1.29 is 14.3 Å². The Morgan fingerprint density at radius 2 is 1.85 bits per heavy atom.